The second-order valence-electron chi connectivity index (χ2n) is 5.39. The molecule has 22 heavy (non-hydrogen) atoms. The molecule has 4 nitrogen and oxygen atoms in total. The van der Waals surface area contributed by atoms with Gasteiger partial charge in [-0.2, -0.15) is 0 Å². The van der Waals surface area contributed by atoms with Crippen LogP contribution in [0.1, 0.15) is 21.5 Å². The number of aromatic nitrogens is 2. The molecule has 3 aromatic rings. The highest BCUT2D eigenvalue weighted by molar-refractivity contribution is 6.01. The number of amides is 1. The summed E-state index contributed by atoms with van der Waals surface area (Å²) in [5.74, 6) is -0.438. The van der Waals surface area contributed by atoms with Crippen molar-refractivity contribution in [2.75, 3.05) is 0 Å². The number of carbonyl (C=O) groups is 1. The van der Waals surface area contributed by atoms with Gasteiger partial charge in [0.25, 0.3) is 5.91 Å². The number of H-pyrrole nitrogens is 1. The van der Waals surface area contributed by atoms with E-state index in [9.17, 15) is 4.79 Å². The molecule has 0 radical (unpaired) electrons. The maximum Gasteiger partial charge on any atom is 0.250 e. The van der Waals surface area contributed by atoms with Crippen LogP contribution in [0.25, 0.3) is 22.5 Å². The van der Waals surface area contributed by atoms with Gasteiger partial charge in [0.2, 0.25) is 0 Å². The lowest BCUT2D eigenvalue weighted by molar-refractivity contribution is 0.100. The van der Waals surface area contributed by atoms with E-state index in [0.29, 0.717) is 5.56 Å². The minimum Gasteiger partial charge on any atom is -0.366 e. The Morgan fingerprint density at radius 2 is 1.82 bits per heavy atom. The number of aryl methyl sites for hydroxylation is 2. The van der Waals surface area contributed by atoms with Crippen molar-refractivity contribution in [1.29, 1.82) is 0 Å². The van der Waals surface area contributed by atoms with Crippen LogP contribution in [0.3, 0.4) is 0 Å². The highest BCUT2D eigenvalue weighted by Crippen LogP contribution is 2.31. The molecule has 0 atom stereocenters. The lowest BCUT2D eigenvalue weighted by Crippen LogP contribution is -2.11. The van der Waals surface area contributed by atoms with Crippen LogP contribution in [0.5, 0.6) is 0 Å². The Hall–Kier alpha value is -2.88. The number of carbonyl (C=O) groups excluding carboxylic acids is 1. The highest BCUT2D eigenvalue weighted by atomic mass is 16.1. The molecule has 110 valence electrons. The van der Waals surface area contributed by atoms with E-state index in [1.54, 1.807) is 18.5 Å². The number of primary amides is 1. The zero-order chi connectivity index (χ0) is 15.7. The highest BCUT2D eigenvalue weighted by Gasteiger charge is 2.17. The molecule has 0 bridgehead atoms. The number of aromatic amines is 1. The number of nitrogens with two attached hydrogens (primary N) is 1. The minimum absolute atomic E-state index is 0.438. The summed E-state index contributed by atoms with van der Waals surface area (Å²) in [7, 11) is 0. The summed E-state index contributed by atoms with van der Waals surface area (Å²) in [5, 5.41) is 0. The molecule has 3 N–H and O–H groups in total. The third-order valence-electron chi connectivity index (χ3n) is 3.74. The van der Waals surface area contributed by atoms with Gasteiger partial charge in [-0.15, -0.1) is 0 Å². The van der Waals surface area contributed by atoms with Gasteiger partial charge < -0.3 is 10.7 Å². The summed E-state index contributed by atoms with van der Waals surface area (Å²) in [4.78, 5) is 19.2. The average molecular weight is 291 g/mol. The quantitative estimate of drug-likeness (QED) is 0.775. The molecule has 0 saturated carbocycles. The molecule has 4 heteroatoms. The van der Waals surface area contributed by atoms with Gasteiger partial charge in [0, 0.05) is 29.2 Å². The largest absolute Gasteiger partial charge is 0.366 e. The second-order valence-corrected chi connectivity index (χ2v) is 5.39. The first-order valence-electron chi connectivity index (χ1n) is 7.07. The molecule has 0 aliphatic heterocycles. The Bertz CT molecular complexity index is 835. The van der Waals surface area contributed by atoms with Crippen molar-refractivity contribution in [3.05, 3.63) is 65.5 Å². The van der Waals surface area contributed by atoms with E-state index in [0.717, 1.165) is 33.6 Å². The van der Waals surface area contributed by atoms with Crippen molar-refractivity contribution in [2.45, 2.75) is 13.8 Å². The Morgan fingerprint density at radius 1 is 1.09 bits per heavy atom. The average Bonchev–Trinajstić information content (AvgIpc) is 2.96. The number of rotatable bonds is 3. The predicted octanol–water partition coefficient (Wildman–Crippen LogP) is 3.46. The summed E-state index contributed by atoms with van der Waals surface area (Å²) >= 11 is 0. The Morgan fingerprint density at radius 3 is 2.50 bits per heavy atom. The number of pyridine rings is 1. The molecule has 1 aromatic carbocycles. The first kappa shape index (κ1) is 14.1. The molecule has 0 aliphatic carbocycles. The minimum atomic E-state index is -0.438. The maximum absolute atomic E-state index is 11.8. The van der Waals surface area contributed by atoms with Gasteiger partial charge in [-0.05, 0) is 43.7 Å². The number of hydrogen-bond donors (Lipinski definition) is 2. The zero-order valence-corrected chi connectivity index (χ0v) is 12.6. The normalized spacial score (nSPS) is 10.6. The maximum atomic E-state index is 11.8. The number of nitrogens with one attached hydrogen (secondary N) is 1. The van der Waals surface area contributed by atoms with Gasteiger partial charge in [0.15, 0.2) is 0 Å². The van der Waals surface area contributed by atoms with Crippen molar-refractivity contribution in [1.82, 2.24) is 9.97 Å². The third-order valence-corrected chi connectivity index (χ3v) is 3.74. The number of nitrogens with zero attached hydrogens (tertiary/aromatic N) is 1. The number of benzene rings is 1. The summed E-state index contributed by atoms with van der Waals surface area (Å²) < 4.78 is 0. The first-order chi connectivity index (χ1) is 10.6. The SMILES string of the molecule is Cc1ccc(C)c(-c2[nH]c(-c3ccncc3)cc2C(N)=O)c1. The van der Waals surface area contributed by atoms with Gasteiger partial charge in [0.05, 0.1) is 11.3 Å². The zero-order valence-electron chi connectivity index (χ0n) is 12.6. The molecule has 0 unspecified atom stereocenters. The van der Waals surface area contributed by atoms with Gasteiger partial charge in [-0.1, -0.05) is 17.7 Å². The monoisotopic (exact) mass is 291 g/mol. The molecular weight excluding hydrogens is 274 g/mol. The van der Waals surface area contributed by atoms with Crippen LogP contribution in [0.2, 0.25) is 0 Å². The van der Waals surface area contributed by atoms with Crippen molar-refractivity contribution in [2.24, 2.45) is 5.73 Å². The van der Waals surface area contributed by atoms with Crippen molar-refractivity contribution < 1.29 is 4.79 Å². The molecule has 0 saturated heterocycles. The smallest absolute Gasteiger partial charge is 0.250 e. The first-order valence-corrected chi connectivity index (χ1v) is 7.07. The topological polar surface area (TPSA) is 71.8 Å². The Labute approximate surface area is 129 Å². The van der Waals surface area contributed by atoms with E-state index >= 15 is 0 Å². The Balaban J connectivity index is 2.21. The van der Waals surface area contributed by atoms with Crippen molar-refractivity contribution in [3.8, 4) is 22.5 Å². The standard InChI is InChI=1S/C18H17N3O/c1-11-3-4-12(2)14(9-11)17-15(18(19)22)10-16(21-17)13-5-7-20-8-6-13/h3-10,21H,1-2H3,(H2,19,22). The molecule has 2 heterocycles. The fourth-order valence-corrected chi connectivity index (χ4v) is 2.55. The fraction of sp³-hybridized carbons (Fsp3) is 0.111. The summed E-state index contributed by atoms with van der Waals surface area (Å²) in [6.07, 6.45) is 3.44. The molecule has 1 amide bonds. The summed E-state index contributed by atoms with van der Waals surface area (Å²) in [5.41, 5.74) is 11.9. The fourth-order valence-electron chi connectivity index (χ4n) is 2.55. The summed E-state index contributed by atoms with van der Waals surface area (Å²) in [6.45, 7) is 4.05. The molecule has 3 rings (SSSR count). The Kier molecular flexibility index (Phi) is 3.51. The number of hydrogen-bond acceptors (Lipinski definition) is 2. The van der Waals surface area contributed by atoms with Gasteiger partial charge in [-0.25, -0.2) is 0 Å². The van der Waals surface area contributed by atoms with E-state index < -0.39 is 5.91 Å². The van der Waals surface area contributed by atoms with E-state index in [1.165, 1.54) is 0 Å². The third kappa shape index (κ3) is 2.51. The molecule has 2 aromatic heterocycles. The van der Waals surface area contributed by atoms with Crippen LogP contribution in [0.4, 0.5) is 0 Å². The van der Waals surface area contributed by atoms with Crippen molar-refractivity contribution >= 4 is 5.91 Å². The van der Waals surface area contributed by atoms with Crippen LogP contribution in [-0.4, -0.2) is 15.9 Å². The van der Waals surface area contributed by atoms with Crippen LogP contribution < -0.4 is 5.73 Å². The van der Waals surface area contributed by atoms with E-state index in [4.69, 9.17) is 5.73 Å². The van der Waals surface area contributed by atoms with E-state index in [1.807, 2.05) is 32.0 Å². The van der Waals surface area contributed by atoms with Crippen LogP contribution >= 0.6 is 0 Å². The van der Waals surface area contributed by atoms with Crippen LogP contribution in [-0.2, 0) is 0 Å². The summed E-state index contributed by atoms with van der Waals surface area (Å²) in [6, 6.07) is 11.7. The van der Waals surface area contributed by atoms with E-state index in [2.05, 4.69) is 22.1 Å². The molecule has 0 fully saturated rings. The lowest BCUT2D eigenvalue weighted by Gasteiger charge is -2.07. The van der Waals surface area contributed by atoms with Crippen molar-refractivity contribution in [3.63, 3.8) is 0 Å². The molecule has 0 aliphatic rings. The second kappa shape index (κ2) is 5.48. The molecule has 0 spiro atoms. The molecular formula is C18H17N3O. The van der Waals surface area contributed by atoms with Crippen LogP contribution in [0, 0.1) is 13.8 Å². The van der Waals surface area contributed by atoms with Crippen LogP contribution in [0.15, 0.2) is 48.8 Å². The van der Waals surface area contributed by atoms with Gasteiger partial charge >= 0.3 is 0 Å². The lowest BCUT2D eigenvalue weighted by atomic mass is 10.0. The predicted molar refractivity (Wildman–Crippen MR) is 87.5 cm³/mol. The van der Waals surface area contributed by atoms with Gasteiger partial charge in [-0.3, -0.25) is 9.78 Å². The van der Waals surface area contributed by atoms with Gasteiger partial charge in [0.1, 0.15) is 0 Å². The van der Waals surface area contributed by atoms with E-state index in [-0.39, 0.29) is 0 Å².